The summed E-state index contributed by atoms with van der Waals surface area (Å²) in [5, 5.41) is 12.0. The van der Waals surface area contributed by atoms with Gasteiger partial charge in [0, 0.05) is 6.42 Å². The minimum absolute atomic E-state index is 0.0731. The first-order chi connectivity index (χ1) is 13.1. The van der Waals surface area contributed by atoms with Crippen LogP contribution in [0.15, 0.2) is 48.5 Å². The molecule has 0 unspecified atom stereocenters. The molecular weight excluding hydrogens is 362 g/mol. The number of aromatic nitrogens is 2. The Kier molecular flexibility index (Phi) is 6.38. The number of carbonyl (C=O) groups is 1. The summed E-state index contributed by atoms with van der Waals surface area (Å²) in [6.07, 6.45) is 0.626. The first-order valence-corrected chi connectivity index (χ1v) is 9.42. The van der Waals surface area contributed by atoms with Gasteiger partial charge in [-0.05, 0) is 43.2 Å². The van der Waals surface area contributed by atoms with Gasteiger partial charge < -0.3 is 9.47 Å². The van der Waals surface area contributed by atoms with E-state index in [0.29, 0.717) is 23.9 Å². The average Bonchev–Trinajstić information content (AvgIpc) is 3.11. The van der Waals surface area contributed by atoms with Crippen molar-refractivity contribution in [3.8, 4) is 11.5 Å². The Labute approximate surface area is 162 Å². The average molecular weight is 383 g/mol. The molecule has 1 amide bonds. The fraction of sp³-hybridized carbons (Fsp3) is 0.250. The van der Waals surface area contributed by atoms with Crippen LogP contribution in [-0.4, -0.2) is 29.3 Å². The monoisotopic (exact) mass is 383 g/mol. The Balaban J connectivity index is 1.44. The third-order valence-corrected chi connectivity index (χ3v) is 4.85. The number of hydrogen-bond donors (Lipinski definition) is 1. The van der Waals surface area contributed by atoms with E-state index in [1.54, 1.807) is 0 Å². The van der Waals surface area contributed by atoms with Gasteiger partial charge in [0.15, 0.2) is 6.61 Å². The lowest BCUT2D eigenvalue weighted by molar-refractivity contribution is -0.118. The van der Waals surface area contributed by atoms with Gasteiger partial charge in [-0.1, -0.05) is 41.7 Å². The third-order valence-electron chi connectivity index (χ3n) is 3.95. The number of anilines is 1. The Hall–Kier alpha value is -2.93. The molecular formula is C20H21N3O3S. The first kappa shape index (κ1) is 18.8. The highest BCUT2D eigenvalue weighted by molar-refractivity contribution is 7.15. The smallest absolute Gasteiger partial charge is 0.264 e. The van der Waals surface area contributed by atoms with Crippen LogP contribution in [0.2, 0.25) is 0 Å². The highest BCUT2D eigenvalue weighted by Gasteiger charge is 2.10. The lowest BCUT2D eigenvalue weighted by atomic mass is 10.1. The summed E-state index contributed by atoms with van der Waals surface area (Å²) in [4.78, 5) is 12.1. The molecule has 140 valence electrons. The minimum atomic E-state index is -0.265. The summed E-state index contributed by atoms with van der Waals surface area (Å²) in [5.41, 5.74) is 2.15. The molecule has 3 rings (SSSR count). The lowest BCUT2D eigenvalue weighted by Crippen LogP contribution is -2.20. The van der Waals surface area contributed by atoms with Crippen LogP contribution in [0.1, 0.15) is 16.1 Å². The molecule has 27 heavy (non-hydrogen) atoms. The van der Waals surface area contributed by atoms with Crippen LogP contribution in [0.3, 0.4) is 0 Å². The molecule has 1 heterocycles. The Bertz CT molecular complexity index is 896. The number of nitrogens with one attached hydrogen (secondary N) is 1. The zero-order valence-electron chi connectivity index (χ0n) is 15.3. The van der Waals surface area contributed by atoms with Crippen molar-refractivity contribution in [2.45, 2.75) is 20.3 Å². The van der Waals surface area contributed by atoms with Gasteiger partial charge in [0.25, 0.3) is 5.91 Å². The van der Waals surface area contributed by atoms with Crippen LogP contribution < -0.4 is 14.8 Å². The summed E-state index contributed by atoms with van der Waals surface area (Å²) >= 11 is 1.33. The molecule has 1 N–H and O–H groups in total. The van der Waals surface area contributed by atoms with E-state index in [0.717, 1.165) is 21.9 Å². The molecule has 0 atom stereocenters. The number of hydrogen-bond acceptors (Lipinski definition) is 6. The van der Waals surface area contributed by atoms with Crippen LogP contribution >= 0.6 is 11.3 Å². The van der Waals surface area contributed by atoms with Crippen LogP contribution in [0, 0.1) is 13.8 Å². The molecule has 3 aromatic rings. The first-order valence-electron chi connectivity index (χ1n) is 8.61. The van der Waals surface area contributed by atoms with Gasteiger partial charge in [0.05, 0.1) is 6.61 Å². The number of amides is 1. The second-order valence-electron chi connectivity index (χ2n) is 5.95. The topological polar surface area (TPSA) is 73.3 Å². The molecule has 6 nitrogen and oxygen atoms in total. The molecule has 0 saturated heterocycles. The highest BCUT2D eigenvalue weighted by atomic mass is 32.1. The Morgan fingerprint density at radius 2 is 1.85 bits per heavy atom. The number of para-hydroxylation sites is 1. The molecule has 0 aliphatic rings. The molecule has 0 bridgehead atoms. The van der Waals surface area contributed by atoms with E-state index in [-0.39, 0.29) is 12.5 Å². The Morgan fingerprint density at radius 3 is 2.67 bits per heavy atom. The molecule has 0 aliphatic carbocycles. The number of aryl methyl sites for hydroxylation is 1. The van der Waals surface area contributed by atoms with Gasteiger partial charge >= 0.3 is 0 Å². The number of rotatable bonds is 8. The van der Waals surface area contributed by atoms with Gasteiger partial charge in [-0.2, -0.15) is 0 Å². The molecule has 0 radical (unpaired) electrons. The van der Waals surface area contributed by atoms with Crippen molar-refractivity contribution in [3.63, 3.8) is 0 Å². The summed E-state index contributed by atoms with van der Waals surface area (Å²) < 4.78 is 11.2. The van der Waals surface area contributed by atoms with Gasteiger partial charge in [-0.25, -0.2) is 0 Å². The van der Waals surface area contributed by atoms with Crippen LogP contribution in [0.4, 0.5) is 5.13 Å². The third kappa shape index (κ3) is 5.52. The predicted molar refractivity (Wildman–Crippen MR) is 106 cm³/mol. The summed E-state index contributed by atoms with van der Waals surface area (Å²) in [5.74, 6) is 1.26. The van der Waals surface area contributed by atoms with E-state index in [1.165, 1.54) is 11.3 Å². The molecule has 1 aromatic heterocycles. The van der Waals surface area contributed by atoms with E-state index < -0.39 is 0 Å². The number of benzene rings is 2. The van der Waals surface area contributed by atoms with Crippen molar-refractivity contribution >= 4 is 22.4 Å². The predicted octanol–water partition coefficient (Wildman–Crippen LogP) is 3.79. The zero-order chi connectivity index (χ0) is 19.1. The van der Waals surface area contributed by atoms with Gasteiger partial charge in [-0.3, -0.25) is 10.1 Å². The van der Waals surface area contributed by atoms with Crippen LogP contribution in [0.5, 0.6) is 11.5 Å². The van der Waals surface area contributed by atoms with Crippen molar-refractivity contribution < 1.29 is 14.3 Å². The standard InChI is InChI=1S/C20H21N3O3S/c1-14-7-6-10-17(15(14)2)26-13-18(24)21-20-23-22-19(27-20)11-12-25-16-8-4-3-5-9-16/h3-10H,11-13H2,1-2H3,(H,21,23,24). The number of carbonyl (C=O) groups excluding carboxylic acids is 1. The lowest BCUT2D eigenvalue weighted by Gasteiger charge is -2.10. The molecule has 0 spiro atoms. The van der Waals surface area contributed by atoms with E-state index in [1.807, 2.05) is 62.4 Å². The highest BCUT2D eigenvalue weighted by Crippen LogP contribution is 2.21. The fourth-order valence-electron chi connectivity index (χ4n) is 2.36. The molecule has 0 saturated carbocycles. The van der Waals surface area contributed by atoms with Gasteiger partial charge in [0.2, 0.25) is 5.13 Å². The minimum Gasteiger partial charge on any atom is -0.493 e. The SMILES string of the molecule is Cc1cccc(OCC(=O)Nc2nnc(CCOc3ccccc3)s2)c1C. The van der Waals surface area contributed by atoms with Crippen molar-refractivity contribution in [1.82, 2.24) is 10.2 Å². The van der Waals surface area contributed by atoms with Crippen LogP contribution in [-0.2, 0) is 11.2 Å². The molecule has 2 aromatic carbocycles. The quantitative estimate of drug-likeness (QED) is 0.641. The zero-order valence-corrected chi connectivity index (χ0v) is 16.1. The molecule has 0 aliphatic heterocycles. The van der Waals surface area contributed by atoms with Gasteiger partial charge in [0.1, 0.15) is 16.5 Å². The maximum absolute atomic E-state index is 12.1. The maximum atomic E-state index is 12.1. The van der Waals surface area contributed by atoms with E-state index in [4.69, 9.17) is 9.47 Å². The van der Waals surface area contributed by atoms with Gasteiger partial charge in [-0.15, -0.1) is 10.2 Å². The second-order valence-corrected chi connectivity index (χ2v) is 7.01. The summed E-state index contributed by atoms with van der Waals surface area (Å²) in [6, 6.07) is 15.4. The molecule has 0 fully saturated rings. The summed E-state index contributed by atoms with van der Waals surface area (Å²) in [7, 11) is 0. The van der Waals surface area contributed by atoms with Crippen molar-refractivity contribution in [3.05, 3.63) is 64.7 Å². The van der Waals surface area contributed by atoms with E-state index in [2.05, 4.69) is 15.5 Å². The molecule has 7 heteroatoms. The Morgan fingerprint density at radius 1 is 1.04 bits per heavy atom. The van der Waals surface area contributed by atoms with Crippen LogP contribution in [0.25, 0.3) is 0 Å². The van der Waals surface area contributed by atoms with Crippen molar-refractivity contribution in [2.75, 3.05) is 18.5 Å². The number of nitrogens with zero attached hydrogens (tertiary/aromatic N) is 2. The van der Waals surface area contributed by atoms with Crippen molar-refractivity contribution in [2.24, 2.45) is 0 Å². The van der Waals surface area contributed by atoms with E-state index >= 15 is 0 Å². The second kappa shape index (κ2) is 9.14. The van der Waals surface area contributed by atoms with Crippen molar-refractivity contribution in [1.29, 1.82) is 0 Å². The largest absolute Gasteiger partial charge is 0.493 e. The summed E-state index contributed by atoms with van der Waals surface area (Å²) in [6.45, 7) is 4.41. The maximum Gasteiger partial charge on any atom is 0.264 e. The number of ether oxygens (including phenoxy) is 2. The normalized spacial score (nSPS) is 10.4. The fourth-order valence-corrected chi connectivity index (χ4v) is 3.09. The van der Waals surface area contributed by atoms with E-state index in [9.17, 15) is 4.79 Å².